The number of carbonyl (C=O) groups is 2. The van der Waals surface area contributed by atoms with Gasteiger partial charge in [0.2, 0.25) is 0 Å². The summed E-state index contributed by atoms with van der Waals surface area (Å²) >= 11 is 3.29. The quantitative estimate of drug-likeness (QED) is 0.785. The van der Waals surface area contributed by atoms with Crippen LogP contribution >= 0.6 is 15.9 Å². The van der Waals surface area contributed by atoms with Gasteiger partial charge in [0.15, 0.2) is 0 Å². The third-order valence-corrected chi connectivity index (χ3v) is 3.88. The number of likely N-dealkylation sites (N-methyl/N-ethyl adjacent to an activating group) is 1. The molecular formula is C13H16BrN3O3. The van der Waals surface area contributed by atoms with Gasteiger partial charge in [-0.05, 0) is 54.1 Å². The molecule has 20 heavy (non-hydrogen) atoms. The maximum atomic E-state index is 11.9. The van der Waals surface area contributed by atoms with E-state index in [4.69, 9.17) is 5.11 Å². The van der Waals surface area contributed by atoms with Crippen LogP contribution in [-0.4, -0.2) is 48.2 Å². The van der Waals surface area contributed by atoms with Gasteiger partial charge in [-0.1, -0.05) is 0 Å². The fourth-order valence-electron chi connectivity index (χ4n) is 2.15. The Hall–Kier alpha value is -1.60. The number of aromatic carboxylic acids is 1. The molecule has 0 aromatic heterocycles. The number of urea groups is 1. The second-order valence-electron chi connectivity index (χ2n) is 4.85. The molecule has 6 nitrogen and oxygen atoms in total. The van der Waals surface area contributed by atoms with Crippen molar-refractivity contribution in [3.63, 3.8) is 0 Å². The number of hydrogen-bond donors (Lipinski definition) is 3. The Morgan fingerprint density at radius 3 is 2.80 bits per heavy atom. The molecule has 2 rings (SSSR count). The highest BCUT2D eigenvalue weighted by atomic mass is 79.9. The lowest BCUT2D eigenvalue weighted by Gasteiger charge is -2.14. The van der Waals surface area contributed by atoms with E-state index >= 15 is 0 Å². The first-order chi connectivity index (χ1) is 9.45. The predicted molar refractivity (Wildman–Crippen MR) is 79.2 cm³/mol. The molecule has 0 bridgehead atoms. The minimum Gasteiger partial charge on any atom is -0.478 e. The number of carboxylic acids is 1. The van der Waals surface area contributed by atoms with Crippen LogP contribution in [0.2, 0.25) is 0 Å². The van der Waals surface area contributed by atoms with E-state index < -0.39 is 5.97 Å². The largest absolute Gasteiger partial charge is 0.478 e. The summed E-state index contributed by atoms with van der Waals surface area (Å²) in [5.74, 6) is -1.03. The number of nitrogens with zero attached hydrogens (tertiary/aromatic N) is 1. The summed E-state index contributed by atoms with van der Waals surface area (Å²) in [4.78, 5) is 25.0. The first-order valence-corrected chi connectivity index (χ1v) is 7.04. The average molecular weight is 342 g/mol. The van der Waals surface area contributed by atoms with Gasteiger partial charge < -0.3 is 20.6 Å². The fourth-order valence-corrected chi connectivity index (χ4v) is 2.50. The van der Waals surface area contributed by atoms with E-state index in [1.165, 1.54) is 12.1 Å². The first-order valence-electron chi connectivity index (χ1n) is 6.24. The second kappa shape index (κ2) is 6.23. The summed E-state index contributed by atoms with van der Waals surface area (Å²) < 4.78 is 0.640. The fraction of sp³-hybridized carbons (Fsp3) is 0.385. The molecule has 1 aliphatic heterocycles. The Kier molecular flexibility index (Phi) is 4.61. The summed E-state index contributed by atoms with van der Waals surface area (Å²) in [6, 6.07) is 4.30. The van der Waals surface area contributed by atoms with E-state index in [0.717, 1.165) is 19.5 Å². The zero-order valence-electron chi connectivity index (χ0n) is 11.0. The van der Waals surface area contributed by atoms with Crippen molar-refractivity contribution in [2.75, 3.05) is 25.5 Å². The average Bonchev–Trinajstić information content (AvgIpc) is 2.77. The number of amides is 2. The van der Waals surface area contributed by atoms with Gasteiger partial charge in [0, 0.05) is 17.1 Å². The Balaban J connectivity index is 2.00. The zero-order chi connectivity index (χ0) is 14.7. The molecule has 0 aliphatic carbocycles. The molecule has 108 valence electrons. The van der Waals surface area contributed by atoms with Gasteiger partial charge in [0.25, 0.3) is 0 Å². The molecule has 1 heterocycles. The van der Waals surface area contributed by atoms with Crippen molar-refractivity contribution in [2.45, 2.75) is 12.5 Å². The standard InChI is InChI=1S/C13H16BrN3O3/c1-17-5-4-9(7-17)15-13(20)16-11-6-8(12(18)19)2-3-10(11)14/h2-3,6,9H,4-5,7H2,1H3,(H,18,19)(H2,15,16,20). The highest BCUT2D eigenvalue weighted by Crippen LogP contribution is 2.23. The maximum Gasteiger partial charge on any atom is 0.335 e. The van der Waals surface area contributed by atoms with Crippen LogP contribution in [-0.2, 0) is 0 Å². The minimum absolute atomic E-state index is 0.126. The van der Waals surface area contributed by atoms with Gasteiger partial charge in [0.1, 0.15) is 0 Å². The monoisotopic (exact) mass is 341 g/mol. The van der Waals surface area contributed by atoms with Crippen molar-refractivity contribution in [1.29, 1.82) is 0 Å². The number of halogens is 1. The Morgan fingerprint density at radius 2 is 2.20 bits per heavy atom. The molecule has 7 heteroatoms. The summed E-state index contributed by atoms with van der Waals surface area (Å²) in [6.07, 6.45) is 0.917. The Labute approximate surface area is 125 Å². The first kappa shape index (κ1) is 14.8. The van der Waals surface area contributed by atoms with Crippen LogP contribution in [0.3, 0.4) is 0 Å². The molecular weight excluding hydrogens is 326 g/mol. The maximum absolute atomic E-state index is 11.9. The number of carbonyl (C=O) groups excluding carboxylic acids is 1. The van der Waals surface area contributed by atoms with E-state index in [2.05, 4.69) is 31.5 Å². The van der Waals surface area contributed by atoms with Crippen LogP contribution < -0.4 is 10.6 Å². The summed E-state index contributed by atoms with van der Waals surface area (Å²) in [6.45, 7) is 1.78. The van der Waals surface area contributed by atoms with Gasteiger partial charge in [-0.25, -0.2) is 9.59 Å². The van der Waals surface area contributed by atoms with Crippen LogP contribution in [0.15, 0.2) is 22.7 Å². The molecule has 0 saturated carbocycles. The molecule has 2 amide bonds. The Morgan fingerprint density at radius 1 is 1.45 bits per heavy atom. The second-order valence-corrected chi connectivity index (χ2v) is 5.70. The molecule has 3 N–H and O–H groups in total. The van der Waals surface area contributed by atoms with Crippen molar-refractivity contribution in [3.05, 3.63) is 28.2 Å². The third-order valence-electron chi connectivity index (χ3n) is 3.19. The van der Waals surface area contributed by atoms with Gasteiger partial charge in [0.05, 0.1) is 11.3 Å². The predicted octanol–water partition coefficient (Wildman–Crippen LogP) is 1.97. The number of anilines is 1. The highest BCUT2D eigenvalue weighted by molar-refractivity contribution is 9.10. The van der Waals surface area contributed by atoms with E-state index in [0.29, 0.717) is 10.2 Å². The number of hydrogen-bond acceptors (Lipinski definition) is 3. The summed E-state index contributed by atoms with van der Waals surface area (Å²) in [5, 5.41) is 14.5. The molecule has 0 spiro atoms. The van der Waals surface area contributed by atoms with Gasteiger partial charge in [-0.3, -0.25) is 0 Å². The molecule has 1 saturated heterocycles. The number of rotatable bonds is 3. The van der Waals surface area contributed by atoms with Gasteiger partial charge in [-0.2, -0.15) is 0 Å². The number of nitrogens with one attached hydrogen (secondary N) is 2. The normalized spacial score (nSPS) is 18.8. The zero-order valence-corrected chi connectivity index (χ0v) is 12.6. The lowest BCUT2D eigenvalue weighted by atomic mass is 10.2. The molecule has 1 aliphatic rings. The third kappa shape index (κ3) is 3.71. The van der Waals surface area contributed by atoms with Gasteiger partial charge >= 0.3 is 12.0 Å². The van der Waals surface area contributed by atoms with Crippen molar-refractivity contribution in [1.82, 2.24) is 10.2 Å². The summed E-state index contributed by atoms with van der Waals surface area (Å²) in [5.41, 5.74) is 0.567. The molecule has 1 aromatic carbocycles. The van der Waals surface area contributed by atoms with Crippen LogP contribution in [0.5, 0.6) is 0 Å². The molecule has 1 fully saturated rings. The molecule has 0 radical (unpaired) electrons. The number of carboxylic acid groups (broad SMARTS) is 1. The van der Waals surface area contributed by atoms with Crippen molar-refractivity contribution in [3.8, 4) is 0 Å². The molecule has 1 aromatic rings. The lowest BCUT2D eigenvalue weighted by Crippen LogP contribution is -2.39. The summed E-state index contributed by atoms with van der Waals surface area (Å²) in [7, 11) is 2.01. The number of benzene rings is 1. The van der Waals surface area contributed by atoms with E-state index in [1.807, 2.05) is 7.05 Å². The van der Waals surface area contributed by atoms with Crippen LogP contribution in [0.25, 0.3) is 0 Å². The van der Waals surface area contributed by atoms with Crippen molar-refractivity contribution in [2.24, 2.45) is 0 Å². The molecule has 1 unspecified atom stereocenters. The number of likely N-dealkylation sites (tertiary alicyclic amines) is 1. The van der Waals surface area contributed by atoms with Crippen LogP contribution in [0.4, 0.5) is 10.5 Å². The SMILES string of the molecule is CN1CCC(NC(=O)Nc2cc(C(=O)O)ccc2Br)C1. The minimum atomic E-state index is -1.03. The smallest absolute Gasteiger partial charge is 0.335 e. The van der Waals surface area contributed by atoms with Crippen LogP contribution in [0.1, 0.15) is 16.8 Å². The van der Waals surface area contributed by atoms with Crippen molar-refractivity contribution >= 4 is 33.6 Å². The van der Waals surface area contributed by atoms with E-state index in [9.17, 15) is 9.59 Å². The van der Waals surface area contributed by atoms with E-state index in [1.54, 1.807) is 6.07 Å². The van der Waals surface area contributed by atoms with Gasteiger partial charge in [-0.15, -0.1) is 0 Å². The Bertz CT molecular complexity index is 536. The molecule has 1 atom stereocenters. The topological polar surface area (TPSA) is 81.7 Å². The van der Waals surface area contributed by atoms with Crippen molar-refractivity contribution < 1.29 is 14.7 Å². The van der Waals surface area contributed by atoms with Crippen LogP contribution in [0, 0.1) is 0 Å². The lowest BCUT2D eigenvalue weighted by molar-refractivity contribution is 0.0697. The highest BCUT2D eigenvalue weighted by Gasteiger charge is 2.21. The van der Waals surface area contributed by atoms with E-state index in [-0.39, 0.29) is 17.6 Å².